The highest BCUT2D eigenvalue weighted by Crippen LogP contribution is 2.31. The number of aromatic nitrogens is 2. The molecule has 0 radical (unpaired) electrons. The number of hydrogen-bond donors (Lipinski definition) is 0. The summed E-state index contributed by atoms with van der Waals surface area (Å²) in [6.45, 7) is -0.228. The number of carbonyl (C=O) groups excluding carboxylic acids is 1. The minimum atomic E-state index is -4.55. The van der Waals surface area contributed by atoms with Crippen LogP contribution in [-0.4, -0.2) is 33.2 Å². The molecule has 1 atom stereocenters. The van der Waals surface area contributed by atoms with Crippen LogP contribution in [0.2, 0.25) is 0 Å². The highest BCUT2D eigenvalue weighted by atomic mass is 19.4. The van der Waals surface area contributed by atoms with Gasteiger partial charge in [-0.15, -0.1) is 0 Å². The van der Waals surface area contributed by atoms with Gasteiger partial charge in [-0.05, 0) is 29.2 Å². The van der Waals surface area contributed by atoms with Crippen molar-refractivity contribution in [3.8, 4) is 6.01 Å². The van der Waals surface area contributed by atoms with Gasteiger partial charge in [0.15, 0.2) is 0 Å². The van der Waals surface area contributed by atoms with E-state index in [1.54, 1.807) is 0 Å². The lowest BCUT2D eigenvalue weighted by Crippen LogP contribution is -2.53. The maximum Gasteiger partial charge on any atom is 0.416 e. The molecule has 1 aromatic carbocycles. The van der Waals surface area contributed by atoms with Crippen LogP contribution in [0.1, 0.15) is 5.56 Å². The van der Waals surface area contributed by atoms with E-state index in [0.717, 1.165) is 35.4 Å². The first-order valence-electron chi connectivity index (χ1n) is 7.18. The van der Waals surface area contributed by atoms with E-state index in [0.29, 0.717) is 0 Å². The molecule has 0 N–H and O–H groups in total. The zero-order valence-electron chi connectivity index (χ0n) is 12.8. The van der Waals surface area contributed by atoms with Crippen molar-refractivity contribution in [1.29, 1.82) is 0 Å². The molecule has 12 heteroatoms. The van der Waals surface area contributed by atoms with Crippen LogP contribution in [0, 0.1) is 10.1 Å². The number of rotatable bonds is 3. The molecular formula is C14H10F3N4O5-. The number of ether oxygens (including phenoxy) is 1. The van der Waals surface area contributed by atoms with Gasteiger partial charge < -0.3 is 29.7 Å². The van der Waals surface area contributed by atoms with Crippen molar-refractivity contribution in [2.75, 3.05) is 11.5 Å². The fraction of sp³-hybridized carbons (Fsp3) is 0.286. The largest absolute Gasteiger partial charge is 0.530 e. The van der Waals surface area contributed by atoms with Gasteiger partial charge in [0.2, 0.25) is 0 Å². The second-order valence-corrected chi connectivity index (χ2v) is 5.44. The summed E-state index contributed by atoms with van der Waals surface area (Å²) in [7, 11) is 0. The van der Waals surface area contributed by atoms with E-state index in [9.17, 15) is 33.2 Å². The van der Waals surface area contributed by atoms with Gasteiger partial charge in [-0.2, -0.15) is 13.2 Å². The molecule has 2 aromatic rings. The van der Waals surface area contributed by atoms with Crippen molar-refractivity contribution >= 4 is 17.6 Å². The predicted molar refractivity (Wildman–Crippen MR) is 77.5 cm³/mol. The monoisotopic (exact) mass is 371 g/mol. The van der Waals surface area contributed by atoms with Crippen LogP contribution in [-0.2, 0) is 12.7 Å². The Balaban J connectivity index is 1.87. The molecule has 0 bridgehead atoms. The van der Waals surface area contributed by atoms with Gasteiger partial charge in [0.1, 0.15) is 18.9 Å². The molecule has 26 heavy (non-hydrogen) atoms. The lowest BCUT2D eigenvalue weighted by Gasteiger charge is -2.35. The number of carbonyl (C=O) groups is 1. The van der Waals surface area contributed by atoms with E-state index in [1.165, 1.54) is 4.57 Å². The number of fused-ring (bicyclic) bond motifs is 1. The van der Waals surface area contributed by atoms with Crippen LogP contribution in [0.25, 0.3) is 0 Å². The van der Waals surface area contributed by atoms with Crippen LogP contribution in [0.15, 0.2) is 30.5 Å². The summed E-state index contributed by atoms with van der Waals surface area (Å²) in [5, 5.41) is 22.3. The number of alkyl halides is 3. The summed E-state index contributed by atoms with van der Waals surface area (Å²) in [4.78, 5) is 25.9. The molecule has 0 unspecified atom stereocenters. The van der Waals surface area contributed by atoms with E-state index in [-0.39, 0.29) is 24.8 Å². The van der Waals surface area contributed by atoms with E-state index < -0.39 is 34.6 Å². The average Bonchev–Trinajstić information content (AvgIpc) is 2.98. The van der Waals surface area contributed by atoms with Crippen molar-refractivity contribution < 1.29 is 32.7 Å². The number of benzene rings is 1. The van der Waals surface area contributed by atoms with Gasteiger partial charge >= 0.3 is 18.0 Å². The Morgan fingerprint density at radius 3 is 2.54 bits per heavy atom. The van der Waals surface area contributed by atoms with Crippen LogP contribution < -0.4 is 14.7 Å². The van der Waals surface area contributed by atoms with Crippen molar-refractivity contribution in [3.05, 3.63) is 46.1 Å². The SMILES string of the molecule is O=C([O-])N(c1ccc(C(F)(F)F)cc1)[C@@H]1COc2nc([N+](=O)[O-])cn2C1. The molecule has 0 saturated carbocycles. The number of hydrogen-bond acceptors (Lipinski definition) is 6. The maximum atomic E-state index is 12.6. The van der Waals surface area contributed by atoms with Crippen molar-refractivity contribution in [3.63, 3.8) is 0 Å². The summed E-state index contributed by atoms with van der Waals surface area (Å²) >= 11 is 0. The van der Waals surface area contributed by atoms with Gasteiger partial charge in [-0.3, -0.25) is 4.57 Å². The third kappa shape index (κ3) is 3.25. The average molecular weight is 371 g/mol. The summed E-state index contributed by atoms with van der Waals surface area (Å²) < 4.78 is 44.4. The molecule has 0 saturated heterocycles. The topological polar surface area (TPSA) is 114 Å². The van der Waals surface area contributed by atoms with Gasteiger partial charge in [0.25, 0.3) is 0 Å². The lowest BCUT2D eigenvalue weighted by atomic mass is 10.1. The smallest absolute Gasteiger partial charge is 0.416 e. The highest BCUT2D eigenvalue weighted by Gasteiger charge is 2.33. The zero-order chi connectivity index (χ0) is 19.1. The number of anilines is 1. The summed E-state index contributed by atoms with van der Waals surface area (Å²) in [6, 6.07) is 2.61. The van der Waals surface area contributed by atoms with Crippen LogP contribution in [0.3, 0.4) is 0 Å². The standard InChI is InChI=1S/C14H11F3N4O5/c15-14(16,17)8-1-3-9(4-2-8)20(13(22)23)10-5-19-6-11(21(24)25)18-12(19)26-7-10/h1-4,6,10H,5,7H2,(H,22,23)/p-1/t10-/m0/s1. The van der Waals surface area contributed by atoms with E-state index in [4.69, 9.17) is 4.74 Å². The zero-order valence-corrected chi connectivity index (χ0v) is 12.8. The van der Waals surface area contributed by atoms with Crippen LogP contribution >= 0.6 is 0 Å². The number of carboxylic acid groups (broad SMARTS) is 1. The molecule has 9 nitrogen and oxygen atoms in total. The van der Waals surface area contributed by atoms with E-state index in [2.05, 4.69) is 4.98 Å². The summed E-state index contributed by atoms with van der Waals surface area (Å²) in [5.74, 6) is -0.463. The maximum absolute atomic E-state index is 12.6. The second kappa shape index (κ2) is 6.20. The molecule has 1 aliphatic heterocycles. The molecule has 1 aromatic heterocycles. The lowest BCUT2D eigenvalue weighted by molar-refractivity contribution is -0.389. The number of nitro groups is 1. The molecular weight excluding hydrogens is 361 g/mol. The molecule has 3 rings (SSSR count). The minimum absolute atomic E-state index is 0.0365. The van der Waals surface area contributed by atoms with Crippen molar-refractivity contribution in [1.82, 2.24) is 9.55 Å². The van der Waals surface area contributed by atoms with Gasteiger partial charge in [-0.1, -0.05) is 0 Å². The highest BCUT2D eigenvalue weighted by molar-refractivity contribution is 5.85. The Bertz CT molecular complexity index is 849. The molecule has 1 amide bonds. The molecule has 0 spiro atoms. The van der Waals surface area contributed by atoms with Crippen molar-refractivity contribution in [2.45, 2.75) is 18.8 Å². The van der Waals surface area contributed by atoms with Gasteiger partial charge in [0.05, 0.1) is 18.2 Å². The summed E-state index contributed by atoms with van der Waals surface area (Å²) in [6.07, 6.45) is -5.11. The number of amides is 1. The Morgan fingerprint density at radius 1 is 1.35 bits per heavy atom. The van der Waals surface area contributed by atoms with E-state index >= 15 is 0 Å². The fourth-order valence-electron chi connectivity index (χ4n) is 2.60. The number of imidazole rings is 1. The van der Waals surface area contributed by atoms with E-state index in [1.807, 2.05) is 0 Å². The quantitative estimate of drug-likeness (QED) is 0.596. The second-order valence-electron chi connectivity index (χ2n) is 5.44. The van der Waals surface area contributed by atoms with Crippen LogP contribution in [0.4, 0.5) is 29.5 Å². The van der Waals surface area contributed by atoms with Crippen LogP contribution in [0.5, 0.6) is 6.01 Å². The molecule has 1 aliphatic rings. The third-order valence-electron chi connectivity index (χ3n) is 3.76. The minimum Gasteiger partial charge on any atom is -0.530 e. The Kier molecular flexibility index (Phi) is 4.18. The molecule has 138 valence electrons. The van der Waals surface area contributed by atoms with Gasteiger partial charge in [0, 0.05) is 10.7 Å². The third-order valence-corrected chi connectivity index (χ3v) is 3.76. The predicted octanol–water partition coefficient (Wildman–Crippen LogP) is 1.42. The normalized spacial score (nSPS) is 16.5. The molecule has 2 heterocycles. The molecule has 0 aliphatic carbocycles. The Labute approximate surface area is 143 Å². The van der Waals surface area contributed by atoms with Gasteiger partial charge in [-0.25, -0.2) is 0 Å². The van der Waals surface area contributed by atoms with Crippen molar-refractivity contribution in [2.24, 2.45) is 0 Å². The Morgan fingerprint density at radius 2 is 2.00 bits per heavy atom. The first-order chi connectivity index (χ1) is 12.2. The first kappa shape index (κ1) is 17.5. The Hall–Kier alpha value is -3.31. The fourth-order valence-corrected chi connectivity index (χ4v) is 2.60. The number of halogens is 3. The summed E-state index contributed by atoms with van der Waals surface area (Å²) in [5.41, 5.74) is -0.961. The first-order valence-corrected chi connectivity index (χ1v) is 7.18. The number of nitrogens with zero attached hydrogens (tertiary/aromatic N) is 4. The molecule has 0 fully saturated rings.